The van der Waals surface area contributed by atoms with E-state index in [-0.39, 0.29) is 0 Å². The van der Waals surface area contributed by atoms with E-state index in [0.717, 1.165) is 71.7 Å². The van der Waals surface area contributed by atoms with Gasteiger partial charge in [0.25, 0.3) is 0 Å². The first kappa shape index (κ1) is 23.9. The monoisotopic (exact) mass is 551 g/mol. The second-order valence-corrected chi connectivity index (χ2v) is 10.9. The fourth-order valence-electron chi connectivity index (χ4n) is 6.47. The zero-order valence-corrected chi connectivity index (χ0v) is 23.2. The highest BCUT2D eigenvalue weighted by molar-refractivity contribution is 6.21. The topological polar surface area (TPSA) is 29.5 Å². The molecule has 7 aromatic carbocycles. The van der Waals surface area contributed by atoms with Crippen molar-refractivity contribution in [1.82, 2.24) is 0 Å². The number of benzene rings is 7. The van der Waals surface area contributed by atoms with E-state index < -0.39 is 0 Å². The van der Waals surface area contributed by atoms with Crippen LogP contribution in [0.15, 0.2) is 160 Å². The van der Waals surface area contributed by atoms with Crippen molar-refractivity contribution in [3.8, 4) is 11.1 Å². The van der Waals surface area contributed by atoms with Crippen molar-refractivity contribution < 1.29 is 8.83 Å². The van der Waals surface area contributed by atoms with Gasteiger partial charge in [-0.15, -0.1) is 0 Å². The van der Waals surface area contributed by atoms with Crippen molar-refractivity contribution in [2.45, 2.75) is 0 Å². The van der Waals surface area contributed by atoms with Crippen molar-refractivity contribution in [2.75, 3.05) is 4.90 Å². The van der Waals surface area contributed by atoms with Crippen molar-refractivity contribution >= 4 is 71.7 Å². The van der Waals surface area contributed by atoms with Crippen LogP contribution in [0, 0.1) is 0 Å². The molecule has 0 atom stereocenters. The Kier molecular flexibility index (Phi) is 5.20. The predicted molar refractivity (Wildman–Crippen MR) is 179 cm³/mol. The van der Waals surface area contributed by atoms with Gasteiger partial charge in [-0.2, -0.15) is 0 Å². The summed E-state index contributed by atoms with van der Waals surface area (Å²) in [6, 6.07) is 53.1. The lowest BCUT2D eigenvalue weighted by atomic mass is 10.0. The highest BCUT2D eigenvalue weighted by Gasteiger charge is 2.19. The molecule has 0 N–H and O–H groups in total. The first-order valence-corrected chi connectivity index (χ1v) is 14.5. The Balaban J connectivity index is 1.29. The van der Waals surface area contributed by atoms with Crippen LogP contribution in [0.1, 0.15) is 0 Å². The van der Waals surface area contributed by atoms with Gasteiger partial charge in [0.05, 0.1) is 5.69 Å². The lowest BCUT2D eigenvalue weighted by Gasteiger charge is -2.27. The molecule has 0 fully saturated rings. The third-order valence-corrected chi connectivity index (χ3v) is 8.47. The third-order valence-electron chi connectivity index (χ3n) is 8.47. The van der Waals surface area contributed by atoms with Gasteiger partial charge in [-0.05, 0) is 71.1 Å². The SMILES string of the molecule is c1ccc(-c2ccc(N(c3ccc4c(c3)oc3ccccc34)c3cccc4c3ccc3oc5ccccc5c34)cc2)cc1. The molecule has 0 aliphatic carbocycles. The molecule has 0 aliphatic heterocycles. The number of furan rings is 2. The summed E-state index contributed by atoms with van der Waals surface area (Å²) < 4.78 is 12.6. The highest BCUT2D eigenvalue weighted by atomic mass is 16.3. The zero-order chi connectivity index (χ0) is 28.3. The summed E-state index contributed by atoms with van der Waals surface area (Å²) in [5, 5.41) is 6.82. The van der Waals surface area contributed by atoms with Gasteiger partial charge in [-0.1, -0.05) is 91.0 Å². The lowest BCUT2D eigenvalue weighted by molar-refractivity contribution is 0.668. The minimum absolute atomic E-state index is 0.869. The van der Waals surface area contributed by atoms with Crippen LogP contribution in [0.5, 0.6) is 0 Å². The lowest BCUT2D eigenvalue weighted by Crippen LogP contribution is -2.10. The average Bonchev–Trinajstić information content (AvgIpc) is 3.64. The Labute approximate surface area is 247 Å². The van der Waals surface area contributed by atoms with Crippen molar-refractivity contribution in [1.29, 1.82) is 0 Å². The van der Waals surface area contributed by atoms with E-state index in [1.165, 1.54) is 11.1 Å². The molecule has 0 saturated heterocycles. The average molecular weight is 552 g/mol. The van der Waals surface area contributed by atoms with Gasteiger partial charge in [0.1, 0.15) is 22.3 Å². The predicted octanol–water partition coefficient (Wildman–Crippen LogP) is 11.8. The second kappa shape index (κ2) is 9.37. The molecule has 0 aliphatic rings. The van der Waals surface area contributed by atoms with Crippen LogP contribution in [-0.4, -0.2) is 0 Å². The van der Waals surface area contributed by atoms with Crippen LogP contribution >= 0.6 is 0 Å². The van der Waals surface area contributed by atoms with Crippen LogP contribution < -0.4 is 4.90 Å². The molecule has 0 bridgehead atoms. The van der Waals surface area contributed by atoms with E-state index in [1.807, 2.05) is 24.3 Å². The zero-order valence-electron chi connectivity index (χ0n) is 23.2. The molecule has 9 rings (SSSR count). The summed E-state index contributed by atoms with van der Waals surface area (Å²) in [4.78, 5) is 2.33. The summed E-state index contributed by atoms with van der Waals surface area (Å²) in [5.41, 5.74) is 9.13. The number of hydrogen-bond donors (Lipinski definition) is 0. The van der Waals surface area contributed by atoms with E-state index >= 15 is 0 Å². The van der Waals surface area contributed by atoms with Crippen LogP contribution in [0.2, 0.25) is 0 Å². The summed E-state index contributed by atoms with van der Waals surface area (Å²) in [6.45, 7) is 0. The molecule has 2 heterocycles. The molecular formula is C40H25NO2. The highest BCUT2D eigenvalue weighted by Crippen LogP contribution is 2.44. The Bertz CT molecular complexity index is 2450. The Hall–Kier alpha value is -5.80. The summed E-state index contributed by atoms with van der Waals surface area (Å²) in [7, 11) is 0. The fourth-order valence-corrected chi connectivity index (χ4v) is 6.47. The summed E-state index contributed by atoms with van der Waals surface area (Å²) in [6.07, 6.45) is 0. The molecule has 202 valence electrons. The first-order chi connectivity index (χ1) is 21.3. The van der Waals surface area contributed by atoms with Crippen molar-refractivity contribution in [2.24, 2.45) is 0 Å². The molecule has 0 spiro atoms. The van der Waals surface area contributed by atoms with Crippen LogP contribution in [0.25, 0.3) is 65.8 Å². The molecule has 0 amide bonds. The first-order valence-electron chi connectivity index (χ1n) is 14.5. The maximum absolute atomic E-state index is 6.34. The second-order valence-electron chi connectivity index (χ2n) is 10.9. The molecule has 43 heavy (non-hydrogen) atoms. The molecule has 3 heteroatoms. The van der Waals surface area contributed by atoms with E-state index in [9.17, 15) is 0 Å². The molecular weight excluding hydrogens is 526 g/mol. The summed E-state index contributed by atoms with van der Waals surface area (Å²) >= 11 is 0. The van der Waals surface area contributed by atoms with E-state index in [1.54, 1.807) is 0 Å². The maximum atomic E-state index is 6.34. The van der Waals surface area contributed by atoms with Gasteiger partial charge >= 0.3 is 0 Å². The molecule has 0 unspecified atom stereocenters. The summed E-state index contributed by atoms with van der Waals surface area (Å²) in [5.74, 6) is 0. The van der Waals surface area contributed by atoms with Gasteiger partial charge < -0.3 is 13.7 Å². The normalized spacial score (nSPS) is 11.7. The van der Waals surface area contributed by atoms with Gasteiger partial charge in [-0.3, -0.25) is 0 Å². The van der Waals surface area contributed by atoms with Gasteiger partial charge in [0, 0.05) is 44.4 Å². The Morgan fingerprint density at radius 3 is 1.79 bits per heavy atom. The van der Waals surface area contributed by atoms with Crippen LogP contribution in [0.3, 0.4) is 0 Å². The Morgan fingerprint density at radius 2 is 0.953 bits per heavy atom. The van der Waals surface area contributed by atoms with Gasteiger partial charge in [0.15, 0.2) is 0 Å². The van der Waals surface area contributed by atoms with Crippen molar-refractivity contribution in [3.63, 3.8) is 0 Å². The molecule has 9 aromatic rings. The number of hydrogen-bond acceptors (Lipinski definition) is 3. The quantitative estimate of drug-likeness (QED) is 0.218. The smallest absolute Gasteiger partial charge is 0.137 e. The van der Waals surface area contributed by atoms with E-state index in [0.29, 0.717) is 0 Å². The third kappa shape index (κ3) is 3.75. The number of nitrogens with zero attached hydrogens (tertiary/aromatic N) is 1. The molecule has 0 saturated carbocycles. The number of fused-ring (bicyclic) bond motifs is 8. The van der Waals surface area contributed by atoms with Crippen LogP contribution in [-0.2, 0) is 0 Å². The molecule has 2 aromatic heterocycles. The fraction of sp³-hybridized carbons (Fsp3) is 0. The number of para-hydroxylation sites is 2. The Morgan fingerprint density at radius 1 is 0.349 bits per heavy atom. The number of rotatable bonds is 4. The standard InChI is InChI=1S/C40H25NO2/c1-2-9-26(10-3-1)27-17-19-28(20-18-27)41(29-21-22-32-31-11-4-6-15-36(31)43-39(32)25-29)35-14-8-13-33-30(35)23-24-38-40(33)34-12-5-7-16-37(34)42-38/h1-25H. The molecule has 0 radical (unpaired) electrons. The van der Waals surface area contributed by atoms with Crippen LogP contribution in [0.4, 0.5) is 17.1 Å². The maximum Gasteiger partial charge on any atom is 0.137 e. The van der Waals surface area contributed by atoms with Crippen molar-refractivity contribution in [3.05, 3.63) is 152 Å². The molecule has 3 nitrogen and oxygen atoms in total. The van der Waals surface area contributed by atoms with E-state index in [2.05, 4.69) is 132 Å². The number of anilines is 3. The van der Waals surface area contributed by atoms with E-state index in [4.69, 9.17) is 8.83 Å². The minimum Gasteiger partial charge on any atom is -0.456 e. The minimum atomic E-state index is 0.869. The van der Waals surface area contributed by atoms with Gasteiger partial charge in [-0.25, -0.2) is 0 Å². The van der Waals surface area contributed by atoms with Gasteiger partial charge in [0.2, 0.25) is 0 Å². The largest absolute Gasteiger partial charge is 0.456 e.